The summed E-state index contributed by atoms with van der Waals surface area (Å²) < 4.78 is 0. The summed E-state index contributed by atoms with van der Waals surface area (Å²) in [5, 5.41) is 2.98. The van der Waals surface area contributed by atoms with E-state index in [-0.39, 0.29) is 5.91 Å². The summed E-state index contributed by atoms with van der Waals surface area (Å²) in [5.41, 5.74) is 0.904. The second-order valence-electron chi connectivity index (χ2n) is 4.90. The molecule has 1 aliphatic carbocycles. The zero-order valence-electron chi connectivity index (χ0n) is 7.94. The second kappa shape index (κ2) is 2.24. The summed E-state index contributed by atoms with van der Waals surface area (Å²) in [6.45, 7) is 5.56. The van der Waals surface area contributed by atoms with E-state index in [0.29, 0.717) is 10.8 Å². The van der Waals surface area contributed by atoms with Gasteiger partial charge in [-0.3, -0.25) is 4.79 Å². The minimum absolute atomic E-state index is 0.233. The number of rotatable bonds is 1. The number of hydrogen-bond acceptors (Lipinski definition) is 1. The molecular formula is C10H17NO. The van der Waals surface area contributed by atoms with E-state index in [1.165, 1.54) is 12.8 Å². The first-order valence-electron chi connectivity index (χ1n) is 4.83. The van der Waals surface area contributed by atoms with Gasteiger partial charge in [0, 0.05) is 13.0 Å². The summed E-state index contributed by atoms with van der Waals surface area (Å²) in [6.07, 6.45) is 4.50. The molecule has 0 aromatic heterocycles. The molecule has 2 rings (SSSR count). The summed E-state index contributed by atoms with van der Waals surface area (Å²) in [4.78, 5) is 11.0. The van der Waals surface area contributed by atoms with Gasteiger partial charge < -0.3 is 5.32 Å². The smallest absolute Gasteiger partial charge is 0.220 e. The molecule has 2 fully saturated rings. The molecule has 0 aromatic rings. The van der Waals surface area contributed by atoms with Crippen molar-refractivity contribution in [3.05, 3.63) is 0 Å². The minimum Gasteiger partial charge on any atom is -0.356 e. The molecule has 1 saturated carbocycles. The number of amides is 1. The van der Waals surface area contributed by atoms with Crippen LogP contribution in [0.1, 0.15) is 39.5 Å². The molecule has 1 amide bonds. The third-order valence-corrected chi connectivity index (χ3v) is 4.04. The Morgan fingerprint density at radius 1 is 1.17 bits per heavy atom. The average molecular weight is 167 g/mol. The zero-order valence-corrected chi connectivity index (χ0v) is 7.94. The Kier molecular flexibility index (Phi) is 1.51. The molecule has 1 aliphatic heterocycles. The zero-order chi connectivity index (χ0) is 8.82. The topological polar surface area (TPSA) is 29.1 Å². The molecule has 2 heteroatoms. The van der Waals surface area contributed by atoms with Crippen molar-refractivity contribution in [1.29, 1.82) is 0 Å². The monoisotopic (exact) mass is 167 g/mol. The van der Waals surface area contributed by atoms with Crippen molar-refractivity contribution < 1.29 is 4.79 Å². The molecule has 1 saturated heterocycles. The van der Waals surface area contributed by atoms with Gasteiger partial charge in [0.15, 0.2) is 0 Å². The van der Waals surface area contributed by atoms with Gasteiger partial charge >= 0.3 is 0 Å². The van der Waals surface area contributed by atoms with Crippen LogP contribution in [0.5, 0.6) is 0 Å². The Labute approximate surface area is 73.7 Å². The average Bonchev–Trinajstić information content (AvgIpc) is 2.77. The summed E-state index contributed by atoms with van der Waals surface area (Å²) >= 11 is 0. The van der Waals surface area contributed by atoms with E-state index in [9.17, 15) is 4.79 Å². The lowest BCUT2D eigenvalue weighted by molar-refractivity contribution is -0.125. The highest BCUT2D eigenvalue weighted by atomic mass is 16.1. The number of carbonyl (C=O) groups excluding carboxylic acids is 1. The normalized spacial score (nSPS) is 39.0. The Morgan fingerprint density at radius 2 is 1.83 bits per heavy atom. The van der Waals surface area contributed by atoms with Crippen LogP contribution in [0.4, 0.5) is 0 Å². The van der Waals surface area contributed by atoms with Gasteiger partial charge in [-0.2, -0.15) is 0 Å². The van der Waals surface area contributed by atoms with Crippen molar-refractivity contribution in [1.82, 2.24) is 5.32 Å². The largest absolute Gasteiger partial charge is 0.356 e. The highest BCUT2D eigenvalue weighted by molar-refractivity contribution is 5.76. The third-order valence-electron chi connectivity index (χ3n) is 4.04. The molecule has 2 nitrogen and oxygen atoms in total. The fourth-order valence-corrected chi connectivity index (χ4v) is 2.17. The third kappa shape index (κ3) is 1.05. The van der Waals surface area contributed by atoms with Crippen molar-refractivity contribution in [2.75, 3.05) is 6.54 Å². The van der Waals surface area contributed by atoms with Crippen LogP contribution in [0.2, 0.25) is 0 Å². The van der Waals surface area contributed by atoms with Crippen molar-refractivity contribution in [2.45, 2.75) is 39.5 Å². The van der Waals surface area contributed by atoms with E-state index in [1.54, 1.807) is 0 Å². The van der Waals surface area contributed by atoms with Gasteiger partial charge in [0.1, 0.15) is 0 Å². The standard InChI is InChI=1S/C10H17NO/c1-9(5-6-9)10(2)4-3-8(12)11-7-10/h3-7H2,1-2H3,(H,11,12). The van der Waals surface area contributed by atoms with Crippen molar-refractivity contribution in [3.8, 4) is 0 Å². The van der Waals surface area contributed by atoms with Crippen LogP contribution in [0.25, 0.3) is 0 Å². The first-order valence-corrected chi connectivity index (χ1v) is 4.83. The highest BCUT2D eigenvalue weighted by Crippen LogP contribution is 2.60. The Balaban J connectivity index is 2.07. The quantitative estimate of drug-likeness (QED) is 0.632. The van der Waals surface area contributed by atoms with E-state index in [1.807, 2.05) is 0 Å². The van der Waals surface area contributed by atoms with Gasteiger partial charge in [-0.05, 0) is 30.1 Å². The van der Waals surface area contributed by atoms with E-state index >= 15 is 0 Å². The van der Waals surface area contributed by atoms with Gasteiger partial charge in [0.2, 0.25) is 5.91 Å². The summed E-state index contributed by atoms with van der Waals surface area (Å²) in [5.74, 6) is 0.233. The summed E-state index contributed by atoms with van der Waals surface area (Å²) in [6, 6.07) is 0. The van der Waals surface area contributed by atoms with E-state index in [0.717, 1.165) is 19.4 Å². The lowest BCUT2D eigenvalue weighted by Gasteiger charge is -2.39. The molecule has 1 unspecified atom stereocenters. The molecule has 0 radical (unpaired) electrons. The van der Waals surface area contributed by atoms with Crippen LogP contribution in [0, 0.1) is 10.8 Å². The fourth-order valence-electron chi connectivity index (χ4n) is 2.17. The lowest BCUT2D eigenvalue weighted by atomic mass is 9.70. The van der Waals surface area contributed by atoms with Gasteiger partial charge in [-0.1, -0.05) is 13.8 Å². The van der Waals surface area contributed by atoms with Crippen LogP contribution in [-0.4, -0.2) is 12.5 Å². The van der Waals surface area contributed by atoms with Crippen molar-refractivity contribution in [2.24, 2.45) is 10.8 Å². The van der Waals surface area contributed by atoms with Gasteiger partial charge in [0.05, 0.1) is 0 Å². The first kappa shape index (κ1) is 8.09. The SMILES string of the molecule is CC1(C2(C)CCC(=O)NC2)CC1. The fraction of sp³-hybridized carbons (Fsp3) is 0.900. The van der Waals surface area contributed by atoms with Gasteiger partial charge in [-0.15, -0.1) is 0 Å². The van der Waals surface area contributed by atoms with Crippen LogP contribution in [-0.2, 0) is 4.79 Å². The van der Waals surface area contributed by atoms with E-state index < -0.39 is 0 Å². The molecule has 0 aromatic carbocycles. The maximum Gasteiger partial charge on any atom is 0.220 e. The van der Waals surface area contributed by atoms with Gasteiger partial charge in [-0.25, -0.2) is 0 Å². The predicted molar refractivity (Wildman–Crippen MR) is 47.7 cm³/mol. The summed E-state index contributed by atoms with van der Waals surface area (Å²) in [7, 11) is 0. The van der Waals surface area contributed by atoms with Crippen LogP contribution < -0.4 is 5.32 Å². The Hall–Kier alpha value is -0.530. The van der Waals surface area contributed by atoms with Crippen LogP contribution in [0.3, 0.4) is 0 Å². The van der Waals surface area contributed by atoms with Crippen molar-refractivity contribution >= 4 is 5.91 Å². The lowest BCUT2D eigenvalue weighted by Crippen LogP contribution is -2.45. The highest BCUT2D eigenvalue weighted by Gasteiger charge is 2.53. The molecule has 0 spiro atoms. The number of carbonyl (C=O) groups is 1. The Bertz CT molecular complexity index is 208. The molecule has 0 bridgehead atoms. The minimum atomic E-state index is 0.233. The molecular weight excluding hydrogens is 150 g/mol. The van der Waals surface area contributed by atoms with Crippen molar-refractivity contribution in [3.63, 3.8) is 0 Å². The maximum atomic E-state index is 11.0. The number of hydrogen-bond donors (Lipinski definition) is 1. The Morgan fingerprint density at radius 3 is 2.25 bits per heavy atom. The number of piperidine rings is 1. The molecule has 1 atom stereocenters. The van der Waals surface area contributed by atoms with Crippen LogP contribution >= 0.6 is 0 Å². The predicted octanol–water partition coefficient (Wildman–Crippen LogP) is 1.70. The maximum absolute atomic E-state index is 11.0. The van der Waals surface area contributed by atoms with E-state index in [2.05, 4.69) is 19.2 Å². The number of nitrogens with one attached hydrogen (secondary N) is 1. The molecule has 1 N–H and O–H groups in total. The second-order valence-corrected chi connectivity index (χ2v) is 4.90. The molecule has 68 valence electrons. The van der Waals surface area contributed by atoms with Gasteiger partial charge in [0.25, 0.3) is 0 Å². The van der Waals surface area contributed by atoms with Crippen LogP contribution in [0.15, 0.2) is 0 Å². The molecule has 12 heavy (non-hydrogen) atoms. The van der Waals surface area contributed by atoms with E-state index in [4.69, 9.17) is 0 Å². The first-order chi connectivity index (χ1) is 5.56. The molecule has 1 heterocycles. The molecule has 2 aliphatic rings.